The second-order valence-corrected chi connectivity index (χ2v) is 1.000. The third kappa shape index (κ3) is 137. The Labute approximate surface area is 78.1 Å². The first-order valence-corrected chi connectivity index (χ1v) is 2.41. The Morgan fingerprint density at radius 2 is 0.727 bits per heavy atom. The van der Waals surface area contributed by atoms with Gasteiger partial charge in [0.1, 0.15) is 0 Å². The van der Waals surface area contributed by atoms with Crippen molar-refractivity contribution in [1.82, 2.24) is 0 Å². The molecule has 0 aromatic rings. The Balaban J connectivity index is -0.0000000171. The van der Waals surface area contributed by atoms with Gasteiger partial charge in [-0.15, -0.1) is 0 Å². The molecular weight excluding hydrogens is 193 g/mol. The molecule has 0 aliphatic heterocycles. The standard InChI is InChI=1S/2C2H6N2.Co.H2N.H2O/c2*3-1-2-4;;;/h2*3-4H,1-2H2;;2*1H2/q2*-2;;-1;. The zero-order valence-electron chi connectivity index (χ0n) is 6.24. The fraction of sp³-hybridized carbons (Fsp3) is 1.00. The van der Waals surface area contributed by atoms with Crippen molar-refractivity contribution in [1.29, 1.82) is 0 Å². The molecule has 0 rings (SSSR count). The van der Waals surface area contributed by atoms with Crippen molar-refractivity contribution in [2.24, 2.45) is 0 Å². The molecule has 0 saturated heterocycles. The van der Waals surface area contributed by atoms with Gasteiger partial charge in [0.05, 0.1) is 0 Å². The molecule has 0 bridgehead atoms. The molecule has 11 heavy (non-hydrogen) atoms. The summed E-state index contributed by atoms with van der Waals surface area (Å²) >= 11 is 0. The molecule has 0 aromatic carbocycles. The summed E-state index contributed by atoms with van der Waals surface area (Å²) in [5, 5.41) is 0. The molecule has 6 nitrogen and oxygen atoms in total. The monoisotopic (exact) mass is 209 g/mol. The van der Waals surface area contributed by atoms with Crippen LogP contribution in [0.15, 0.2) is 0 Å². The average molecular weight is 209 g/mol. The van der Waals surface area contributed by atoms with Crippen LogP contribution in [0.4, 0.5) is 0 Å². The minimum Gasteiger partial charge on any atom is -0.693 e. The molecule has 8 N–H and O–H groups in total. The van der Waals surface area contributed by atoms with E-state index >= 15 is 0 Å². The van der Waals surface area contributed by atoms with E-state index in [9.17, 15) is 0 Å². The SMILES string of the molecule is O.[Co].[NH-]CC[NH-].[NH-]CC[NH-].[NH2-]. The predicted octanol–water partition coefficient (Wildman–Crippen LogP) is 2.07. The van der Waals surface area contributed by atoms with Gasteiger partial charge in [0.25, 0.3) is 0 Å². The average Bonchev–Trinajstić information content (AvgIpc) is 1.88. The first-order chi connectivity index (χ1) is 3.83. The van der Waals surface area contributed by atoms with Crippen molar-refractivity contribution < 1.29 is 22.3 Å². The molecule has 0 aliphatic rings. The van der Waals surface area contributed by atoms with Crippen molar-refractivity contribution in [3.8, 4) is 0 Å². The number of nitrogens with one attached hydrogen (secondary N) is 4. The minimum absolute atomic E-state index is 0. The van der Waals surface area contributed by atoms with Gasteiger partial charge in [-0.2, -0.15) is 26.2 Å². The first-order valence-electron chi connectivity index (χ1n) is 2.41. The third-order valence-electron chi connectivity index (χ3n) is 0.250. The summed E-state index contributed by atoms with van der Waals surface area (Å²) in [4.78, 5) is 0. The minimum atomic E-state index is 0. The maximum absolute atomic E-state index is 6.26. The summed E-state index contributed by atoms with van der Waals surface area (Å²) in [5.41, 5.74) is 25.1. The normalized spacial score (nSPS) is 5.45. The van der Waals surface area contributed by atoms with Crippen LogP contribution in [0.1, 0.15) is 0 Å². The number of nitrogens with two attached hydrogens (primary N) is 1. The van der Waals surface area contributed by atoms with E-state index in [1.807, 2.05) is 0 Å². The molecule has 0 spiro atoms. The van der Waals surface area contributed by atoms with Gasteiger partial charge in [-0.3, -0.25) is 0 Å². The molecule has 1 radical (unpaired) electrons. The molecule has 0 fully saturated rings. The van der Waals surface area contributed by atoms with Crippen molar-refractivity contribution in [3.63, 3.8) is 0 Å². The van der Waals surface area contributed by atoms with Crippen LogP contribution in [0.2, 0.25) is 0 Å². The van der Waals surface area contributed by atoms with Gasteiger partial charge in [-0.25, -0.2) is 0 Å². The van der Waals surface area contributed by atoms with Crippen LogP contribution in [0, 0.1) is 0 Å². The van der Waals surface area contributed by atoms with E-state index in [-0.39, 0.29) is 54.6 Å². The van der Waals surface area contributed by atoms with Gasteiger partial charge in [-0.05, 0) is 0 Å². The number of hydrogen-bond acceptors (Lipinski definition) is 0. The fourth-order valence-electron chi connectivity index (χ4n) is 0. The molecule has 77 valence electrons. The molecule has 0 aliphatic carbocycles. The summed E-state index contributed by atoms with van der Waals surface area (Å²) in [6.45, 7) is 0.944. The van der Waals surface area contributed by atoms with Crippen LogP contribution in [0.25, 0.3) is 29.1 Å². The van der Waals surface area contributed by atoms with E-state index < -0.39 is 0 Å². The Kier molecular flexibility index (Phi) is 133. The van der Waals surface area contributed by atoms with Gasteiger partial charge >= 0.3 is 0 Å². The maximum atomic E-state index is 6.26. The second kappa shape index (κ2) is 48.4. The molecule has 0 saturated carbocycles. The molecule has 7 heteroatoms. The van der Waals surface area contributed by atoms with Crippen molar-refractivity contribution in [3.05, 3.63) is 29.1 Å². The quantitative estimate of drug-likeness (QED) is 0.651. The third-order valence-corrected chi connectivity index (χ3v) is 0.250. The summed E-state index contributed by atoms with van der Waals surface area (Å²) in [7, 11) is 0. The van der Waals surface area contributed by atoms with E-state index in [0.29, 0.717) is 0 Å². The van der Waals surface area contributed by atoms with Gasteiger partial charge in [-0.1, -0.05) is 0 Å². The van der Waals surface area contributed by atoms with Crippen molar-refractivity contribution >= 4 is 0 Å². The van der Waals surface area contributed by atoms with Gasteiger partial charge in [0.2, 0.25) is 0 Å². The van der Waals surface area contributed by atoms with Crippen LogP contribution >= 0.6 is 0 Å². The summed E-state index contributed by atoms with van der Waals surface area (Å²) in [6.07, 6.45) is 0. The fourth-order valence-corrected chi connectivity index (χ4v) is 0. The van der Waals surface area contributed by atoms with Crippen LogP contribution in [-0.4, -0.2) is 31.7 Å². The van der Waals surface area contributed by atoms with Crippen LogP contribution in [0.5, 0.6) is 0 Å². The first kappa shape index (κ1) is 30.2. The van der Waals surface area contributed by atoms with Crippen molar-refractivity contribution in [2.45, 2.75) is 0 Å². The maximum Gasteiger partial charge on any atom is 0 e. The zero-order chi connectivity index (χ0) is 6.83. The van der Waals surface area contributed by atoms with Gasteiger partial charge < -0.3 is 34.6 Å². The van der Waals surface area contributed by atoms with Crippen LogP contribution in [-0.2, 0) is 16.8 Å². The topological polar surface area (TPSA) is 160 Å². The van der Waals surface area contributed by atoms with Gasteiger partial charge in [0.15, 0.2) is 0 Å². The zero-order valence-corrected chi connectivity index (χ0v) is 7.28. The molecular formula is C4H16CoN5O-5. The van der Waals surface area contributed by atoms with E-state index in [2.05, 4.69) is 0 Å². The predicted molar refractivity (Wildman–Crippen MR) is 45.7 cm³/mol. The molecule has 0 unspecified atom stereocenters. The largest absolute Gasteiger partial charge is 0.693 e. The van der Waals surface area contributed by atoms with E-state index in [1.54, 1.807) is 0 Å². The molecule has 0 heterocycles. The Bertz CT molecular complexity index is 26.4. The second-order valence-electron chi connectivity index (χ2n) is 1.000. The molecule has 0 aromatic heterocycles. The summed E-state index contributed by atoms with van der Waals surface area (Å²) < 4.78 is 0. The number of rotatable bonds is 2. The Morgan fingerprint density at radius 3 is 0.727 bits per heavy atom. The Morgan fingerprint density at radius 1 is 0.636 bits per heavy atom. The molecule has 0 amide bonds. The Hall–Kier alpha value is 0.266. The van der Waals surface area contributed by atoms with E-state index in [1.165, 1.54) is 0 Å². The van der Waals surface area contributed by atoms with Crippen LogP contribution < -0.4 is 0 Å². The molecule has 0 atom stereocenters. The van der Waals surface area contributed by atoms with Gasteiger partial charge in [0, 0.05) is 16.8 Å². The van der Waals surface area contributed by atoms with Crippen molar-refractivity contribution in [2.75, 3.05) is 26.2 Å². The summed E-state index contributed by atoms with van der Waals surface area (Å²) in [5.74, 6) is 0. The number of hydrogen-bond donors (Lipinski definition) is 0. The smallest absolute Gasteiger partial charge is 0 e. The van der Waals surface area contributed by atoms with E-state index in [4.69, 9.17) is 22.9 Å². The summed E-state index contributed by atoms with van der Waals surface area (Å²) in [6, 6.07) is 0. The van der Waals surface area contributed by atoms with E-state index in [0.717, 1.165) is 0 Å². The van der Waals surface area contributed by atoms with Crippen LogP contribution in [0.3, 0.4) is 0 Å².